The summed E-state index contributed by atoms with van der Waals surface area (Å²) < 4.78 is 37.2. The number of alkyl halides is 3. The number of halogens is 3. The van der Waals surface area contributed by atoms with Gasteiger partial charge in [-0.15, -0.1) is 0 Å². The molecule has 1 rings (SSSR count). The van der Waals surface area contributed by atoms with Gasteiger partial charge in [0.1, 0.15) is 0 Å². The lowest BCUT2D eigenvalue weighted by molar-refractivity contribution is -0.137. The van der Waals surface area contributed by atoms with Crippen LogP contribution in [-0.4, -0.2) is 6.04 Å². The van der Waals surface area contributed by atoms with E-state index in [9.17, 15) is 13.2 Å². The molecule has 1 aromatic carbocycles. The Kier molecular flexibility index (Phi) is 3.12. The fourth-order valence-electron chi connectivity index (χ4n) is 1.23. The summed E-state index contributed by atoms with van der Waals surface area (Å²) in [6.45, 7) is 3.69. The van der Waals surface area contributed by atoms with Crippen LogP contribution in [0.4, 0.5) is 24.5 Å². The summed E-state index contributed by atoms with van der Waals surface area (Å²) in [5, 5.41) is 2.88. The van der Waals surface area contributed by atoms with Crippen molar-refractivity contribution in [3.05, 3.63) is 23.8 Å². The molecule has 0 unspecified atom stereocenters. The summed E-state index contributed by atoms with van der Waals surface area (Å²) in [7, 11) is 0. The summed E-state index contributed by atoms with van der Waals surface area (Å²) in [4.78, 5) is 0. The molecule has 0 bridgehead atoms. The van der Waals surface area contributed by atoms with Gasteiger partial charge < -0.3 is 11.1 Å². The average Bonchev–Trinajstić information content (AvgIpc) is 1.99. The fraction of sp³-hybridized carbons (Fsp3) is 0.400. The first-order valence-corrected chi connectivity index (χ1v) is 4.53. The van der Waals surface area contributed by atoms with Crippen LogP contribution < -0.4 is 11.1 Å². The van der Waals surface area contributed by atoms with Gasteiger partial charge in [0.2, 0.25) is 0 Å². The maximum absolute atomic E-state index is 12.4. The monoisotopic (exact) mass is 218 g/mol. The Balaban J connectivity index is 3.06. The SMILES string of the molecule is CC(C)Nc1cc(N)cc(C(F)(F)F)c1. The maximum Gasteiger partial charge on any atom is 0.416 e. The second-order valence-electron chi connectivity index (χ2n) is 3.64. The van der Waals surface area contributed by atoms with E-state index < -0.39 is 11.7 Å². The lowest BCUT2D eigenvalue weighted by atomic mass is 10.1. The van der Waals surface area contributed by atoms with Crippen molar-refractivity contribution in [1.82, 2.24) is 0 Å². The molecule has 84 valence electrons. The molecule has 0 atom stereocenters. The number of nitrogens with two attached hydrogens (primary N) is 1. The zero-order valence-electron chi connectivity index (χ0n) is 8.52. The molecule has 0 heterocycles. The summed E-state index contributed by atoms with van der Waals surface area (Å²) in [5.74, 6) is 0. The Morgan fingerprint density at radius 3 is 2.27 bits per heavy atom. The maximum atomic E-state index is 12.4. The summed E-state index contributed by atoms with van der Waals surface area (Å²) in [6.07, 6.45) is -4.36. The first-order valence-electron chi connectivity index (χ1n) is 4.53. The average molecular weight is 218 g/mol. The molecule has 15 heavy (non-hydrogen) atoms. The minimum atomic E-state index is -4.36. The van der Waals surface area contributed by atoms with Crippen LogP contribution in [0.2, 0.25) is 0 Å². The number of anilines is 2. The highest BCUT2D eigenvalue weighted by Gasteiger charge is 2.31. The van der Waals surface area contributed by atoms with Gasteiger partial charge in [0.15, 0.2) is 0 Å². The number of nitrogen functional groups attached to an aromatic ring is 1. The van der Waals surface area contributed by atoms with Crippen LogP contribution in [-0.2, 0) is 6.18 Å². The first-order chi connectivity index (χ1) is 6.79. The molecule has 0 fully saturated rings. The van der Waals surface area contributed by atoms with Crippen molar-refractivity contribution in [3.8, 4) is 0 Å². The minimum absolute atomic E-state index is 0.0629. The van der Waals surface area contributed by atoms with Crippen LogP contribution >= 0.6 is 0 Å². The zero-order chi connectivity index (χ0) is 11.6. The number of hydrogen-bond acceptors (Lipinski definition) is 2. The van der Waals surface area contributed by atoms with Crippen LogP contribution in [0.5, 0.6) is 0 Å². The lowest BCUT2D eigenvalue weighted by Crippen LogP contribution is -2.12. The van der Waals surface area contributed by atoms with Gasteiger partial charge in [-0.2, -0.15) is 13.2 Å². The van der Waals surface area contributed by atoms with Crippen molar-refractivity contribution >= 4 is 11.4 Å². The van der Waals surface area contributed by atoms with Crippen LogP contribution in [0, 0.1) is 0 Å². The van der Waals surface area contributed by atoms with Crippen LogP contribution in [0.15, 0.2) is 18.2 Å². The van der Waals surface area contributed by atoms with Gasteiger partial charge in [0.25, 0.3) is 0 Å². The van der Waals surface area contributed by atoms with Gasteiger partial charge in [-0.05, 0) is 32.0 Å². The molecule has 5 heteroatoms. The largest absolute Gasteiger partial charge is 0.416 e. The normalized spacial score (nSPS) is 11.9. The molecule has 0 saturated carbocycles. The van der Waals surface area contributed by atoms with E-state index in [0.29, 0.717) is 5.69 Å². The van der Waals surface area contributed by atoms with Crippen LogP contribution in [0.1, 0.15) is 19.4 Å². The number of rotatable bonds is 2. The molecule has 1 aromatic rings. The third-order valence-corrected chi connectivity index (χ3v) is 1.74. The molecule has 0 aromatic heterocycles. The van der Waals surface area contributed by atoms with E-state index in [0.717, 1.165) is 12.1 Å². The molecular weight excluding hydrogens is 205 g/mol. The highest BCUT2D eigenvalue weighted by molar-refractivity contribution is 5.57. The van der Waals surface area contributed by atoms with E-state index in [1.807, 2.05) is 13.8 Å². The lowest BCUT2D eigenvalue weighted by Gasteiger charge is -2.14. The summed E-state index contributed by atoms with van der Waals surface area (Å²) in [6, 6.07) is 3.52. The van der Waals surface area contributed by atoms with Crippen molar-refractivity contribution in [2.24, 2.45) is 0 Å². The van der Waals surface area contributed by atoms with Gasteiger partial charge >= 0.3 is 6.18 Å². The molecule has 0 amide bonds. The van der Waals surface area contributed by atoms with Gasteiger partial charge in [0, 0.05) is 17.4 Å². The van der Waals surface area contributed by atoms with Crippen molar-refractivity contribution in [2.45, 2.75) is 26.1 Å². The van der Waals surface area contributed by atoms with Gasteiger partial charge in [-0.3, -0.25) is 0 Å². The second kappa shape index (κ2) is 4.00. The molecule has 0 aliphatic carbocycles. The van der Waals surface area contributed by atoms with Crippen molar-refractivity contribution in [1.29, 1.82) is 0 Å². The Morgan fingerprint density at radius 1 is 1.20 bits per heavy atom. The standard InChI is InChI=1S/C10H13F3N2/c1-6(2)15-9-4-7(10(11,12)13)3-8(14)5-9/h3-6,15H,14H2,1-2H3. The van der Waals surface area contributed by atoms with Crippen molar-refractivity contribution in [3.63, 3.8) is 0 Å². The summed E-state index contributed by atoms with van der Waals surface area (Å²) >= 11 is 0. The fourth-order valence-corrected chi connectivity index (χ4v) is 1.23. The summed E-state index contributed by atoms with van der Waals surface area (Å²) in [5.41, 5.74) is 5.15. The predicted octanol–water partition coefficient (Wildman–Crippen LogP) is 3.11. The smallest absolute Gasteiger partial charge is 0.399 e. The quantitative estimate of drug-likeness (QED) is 0.748. The van der Waals surface area contributed by atoms with Crippen LogP contribution in [0.3, 0.4) is 0 Å². The van der Waals surface area contributed by atoms with E-state index in [4.69, 9.17) is 5.73 Å². The predicted molar refractivity (Wildman–Crippen MR) is 54.6 cm³/mol. The Bertz CT molecular complexity index is 345. The van der Waals surface area contributed by atoms with Gasteiger partial charge in [0.05, 0.1) is 5.56 Å². The Hall–Kier alpha value is -1.39. The molecule has 0 radical (unpaired) electrons. The number of nitrogens with one attached hydrogen (secondary N) is 1. The highest BCUT2D eigenvalue weighted by Crippen LogP contribution is 2.32. The molecule has 0 aliphatic heterocycles. The zero-order valence-corrected chi connectivity index (χ0v) is 8.52. The molecule has 3 N–H and O–H groups in total. The van der Waals surface area contributed by atoms with E-state index in [1.165, 1.54) is 6.07 Å². The number of hydrogen-bond donors (Lipinski definition) is 2. The highest BCUT2D eigenvalue weighted by atomic mass is 19.4. The van der Waals surface area contributed by atoms with Crippen molar-refractivity contribution < 1.29 is 13.2 Å². The van der Waals surface area contributed by atoms with E-state index >= 15 is 0 Å². The van der Waals surface area contributed by atoms with Gasteiger partial charge in [-0.25, -0.2) is 0 Å². The molecule has 0 spiro atoms. The third kappa shape index (κ3) is 3.34. The van der Waals surface area contributed by atoms with Crippen molar-refractivity contribution in [2.75, 3.05) is 11.1 Å². The van der Waals surface area contributed by atoms with Gasteiger partial charge in [-0.1, -0.05) is 0 Å². The van der Waals surface area contributed by atoms with E-state index in [1.54, 1.807) is 0 Å². The topological polar surface area (TPSA) is 38.0 Å². The minimum Gasteiger partial charge on any atom is -0.399 e. The molecule has 0 aliphatic rings. The molecular formula is C10H13F3N2. The van der Waals surface area contributed by atoms with E-state index in [-0.39, 0.29) is 11.7 Å². The molecule has 2 nitrogen and oxygen atoms in total. The second-order valence-corrected chi connectivity index (χ2v) is 3.64. The third-order valence-electron chi connectivity index (χ3n) is 1.74. The van der Waals surface area contributed by atoms with E-state index in [2.05, 4.69) is 5.32 Å². The molecule has 0 saturated heterocycles. The van der Waals surface area contributed by atoms with Crippen LogP contribution in [0.25, 0.3) is 0 Å². The first kappa shape index (κ1) is 11.7. The Labute approximate surface area is 86.3 Å². The number of benzene rings is 1. The Morgan fingerprint density at radius 2 is 1.80 bits per heavy atom.